The van der Waals surface area contributed by atoms with E-state index < -0.39 is 0 Å². The number of piperazine rings is 1. The number of imide groups is 1. The van der Waals surface area contributed by atoms with E-state index in [2.05, 4.69) is 10.3 Å². The maximum atomic E-state index is 11.6. The van der Waals surface area contributed by atoms with Gasteiger partial charge >= 0.3 is 0 Å². The van der Waals surface area contributed by atoms with Crippen molar-refractivity contribution in [1.82, 2.24) is 10.3 Å². The van der Waals surface area contributed by atoms with Gasteiger partial charge in [0.25, 0.3) is 0 Å². The van der Waals surface area contributed by atoms with Crippen molar-refractivity contribution in [2.75, 3.05) is 11.4 Å². The fraction of sp³-hybridized carbons (Fsp3) is 0.462. The number of pyridine rings is 1. The Bertz CT molecular complexity index is 486. The normalized spacial score (nSPS) is 21.2. The summed E-state index contributed by atoms with van der Waals surface area (Å²) in [6.45, 7) is 3.91. The van der Waals surface area contributed by atoms with E-state index in [4.69, 9.17) is 5.73 Å². The molecule has 2 heterocycles. The van der Waals surface area contributed by atoms with Crippen LogP contribution < -0.4 is 16.0 Å². The molecule has 102 valence electrons. The summed E-state index contributed by atoms with van der Waals surface area (Å²) < 4.78 is 0. The Morgan fingerprint density at radius 3 is 2.84 bits per heavy atom. The summed E-state index contributed by atoms with van der Waals surface area (Å²) >= 11 is 0. The third-order valence-electron chi connectivity index (χ3n) is 3.35. The van der Waals surface area contributed by atoms with Gasteiger partial charge < -0.3 is 10.6 Å². The third kappa shape index (κ3) is 2.73. The van der Waals surface area contributed by atoms with Crippen molar-refractivity contribution < 1.29 is 9.59 Å². The zero-order valence-corrected chi connectivity index (χ0v) is 11.1. The maximum absolute atomic E-state index is 11.6. The number of nitrogens with two attached hydrogens (primary N) is 1. The third-order valence-corrected chi connectivity index (χ3v) is 3.35. The predicted molar refractivity (Wildman–Crippen MR) is 71.4 cm³/mol. The first kappa shape index (κ1) is 13.5. The number of amides is 2. The first-order valence-corrected chi connectivity index (χ1v) is 6.34. The molecule has 0 radical (unpaired) electrons. The van der Waals surface area contributed by atoms with Crippen molar-refractivity contribution in [3.8, 4) is 0 Å². The van der Waals surface area contributed by atoms with E-state index in [-0.39, 0.29) is 30.4 Å². The molecule has 6 heteroatoms. The molecule has 2 rings (SSSR count). The lowest BCUT2D eigenvalue weighted by atomic mass is 10.1. The molecule has 0 spiro atoms. The molecular formula is C13H18N4O2. The Morgan fingerprint density at radius 1 is 1.53 bits per heavy atom. The molecule has 19 heavy (non-hydrogen) atoms. The van der Waals surface area contributed by atoms with E-state index in [1.54, 1.807) is 18.0 Å². The fourth-order valence-corrected chi connectivity index (χ4v) is 2.03. The predicted octanol–water partition coefficient (Wildman–Crippen LogP) is 0.343. The number of nitrogens with one attached hydrogen (secondary N) is 1. The number of hydrogen-bond donors (Lipinski definition) is 2. The molecule has 1 aliphatic rings. The Balaban J connectivity index is 2.21. The summed E-state index contributed by atoms with van der Waals surface area (Å²) in [6.07, 6.45) is 2.47. The molecule has 3 N–H and O–H groups in total. The van der Waals surface area contributed by atoms with E-state index in [1.807, 2.05) is 19.1 Å². The maximum Gasteiger partial charge on any atom is 0.249 e. The lowest BCUT2D eigenvalue weighted by Gasteiger charge is -2.33. The molecule has 1 aliphatic heterocycles. The minimum atomic E-state index is -0.384. The van der Waals surface area contributed by atoms with E-state index in [9.17, 15) is 9.59 Å². The van der Waals surface area contributed by atoms with Crippen LogP contribution in [0.1, 0.15) is 32.0 Å². The van der Waals surface area contributed by atoms with E-state index >= 15 is 0 Å². The van der Waals surface area contributed by atoms with Gasteiger partial charge in [-0.1, -0.05) is 6.92 Å². The van der Waals surface area contributed by atoms with Gasteiger partial charge in [-0.25, -0.2) is 0 Å². The van der Waals surface area contributed by atoms with Crippen molar-refractivity contribution >= 4 is 17.5 Å². The molecule has 0 aromatic carbocycles. The summed E-state index contributed by atoms with van der Waals surface area (Å²) in [5, 5.41) is 2.31. The number of carbonyl (C=O) groups is 2. The summed E-state index contributed by atoms with van der Waals surface area (Å²) in [7, 11) is 0. The van der Waals surface area contributed by atoms with Gasteiger partial charge in [-0.3, -0.25) is 19.9 Å². The molecule has 0 aliphatic carbocycles. The van der Waals surface area contributed by atoms with Crippen molar-refractivity contribution in [2.45, 2.75) is 32.4 Å². The minimum absolute atomic E-state index is 0.0854. The zero-order valence-electron chi connectivity index (χ0n) is 11.1. The van der Waals surface area contributed by atoms with Crippen molar-refractivity contribution in [3.63, 3.8) is 0 Å². The summed E-state index contributed by atoms with van der Waals surface area (Å²) in [4.78, 5) is 29.0. The van der Waals surface area contributed by atoms with Gasteiger partial charge in [0.2, 0.25) is 11.8 Å². The average molecular weight is 262 g/mol. The van der Waals surface area contributed by atoms with Gasteiger partial charge in [0.15, 0.2) is 0 Å². The van der Waals surface area contributed by atoms with Crippen molar-refractivity contribution in [2.24, 2.45) is 5.73 Å². The second kappa shape index (κ2) is 5.36. The smallest absolute Gasteiger partial charge is 0.249 e. The second-order valence-corrected chi connectivity index (χ2v) is 4.67. The fourth-order valence-electron chi connectivity index (χ4n) is 2.03. The van der Waals surface area contributed by atoms with E-state index in [0.717, 1.165) is 17.8 Å². The van der Waals surface area contributed by atoms with Crippen LogP contribution in [0.2, 0.25) is 0 Å². The second-order valence-electron chi connectivity index (χ2n) is 4.67. The van der Waals surface area contributed by atoms with Crippen LogP contribution in [-0.4, -0.2) is 29.4 Å². The van der Waals surface area contributed by atoms with Crippen molar-refractivity contribution in [1.29, 1.82) is 0 Å². The standard InChI is InChI=1S/C13H18N4O2/c1-3-10(14)11-5-4-9(6-15-11)17-7-12(18)16-13(19)8(17)2/h4-6,8,10H,3,7,14H2,1-2H3,(H,16,18,19)/t8?,10-/m1/s1. The van der Waals surface area contributed by atoms with Crippen LogP contribution in [-0.2, 0) is 9.59 Å². The molecule has 0 bridgehead atoms. The monoisotopic (exact) mass is 262 g/mol. The van der Waals surface area contributed by atoms with Crippen LogP contribution >= 0.6 is 0 Å². The number of rotatable bonds is 3. The van der Waals surface area contributed by atoms with E-state index in [1.165, 1.54) is 0 Å². The minimum Gasteiger partial charge on any atom is -0.349 e. The highest BCUT2D eigenvalue weighted by Crippen LogP contribution is 2.20. The highest BCUT2D eigenvalue weighted by Gasteiger charge is 2.30. The Hall–Kier alpha value is -1.95. The molecule has 1 fully saturated rings. The SMILES string of the molecule is CC[C@@H](N)c1ccc(N2CC(=O)NC(=O)C2C)cn1. The Kier molecular flexibility index (Phi) is 3.80. The molecule has 1 aromatic rings. The van der Waals surface area contributed by atoms with Gasteiger partial charge in [-0.05, 0) is 25.5 Å². The van der Waals surface area contributed by atoms with Crippen LogP contribution in [0.4, 0.5) is 5.69 Å². The van der Waals surface area contributed by atoms with E-state index in [0.29, 0.717) is 0 Å². The first-order valence-electron chi connectivity index (χ1n) is 6.34. The highest BCUT2D eigenvalue weighted by molar-refractivity contribution is 6.04. The quantitative estimate of drug-likeness (QED) is 0.767. The molecule has 6 nitrogen and oxygen atoms in total. The first-order chi connectivity index (χ1) is 9.02. The highest BCUT2D eigenvalue weighted by atomic mass is 16.2. The number of nitrogens with zero attached hydrogens (tertiary/aromatic N) is 2. The Morgan fingerprint density at radius 2 is 2.26 bits per heavy atom. The summed E-state index contributed by atoms with van der Waals surface area (Å²) in [6, 6.07) is 3.22. The van der Waals surface area contributed by atoms with Gasteiger partial charge in [-0.15, -0.1) is 0 Å². The van der Waals surface area contributed by atoms with Gasteiger partial charge in [0.05, 0.1) is 24.1 Å². The summed E-state index contributed by atoms with van der Waals surface area (Å²) in [5.41, 5.74) is 7.46. The molecule has 2 atom stereocenters. The topological polar surface area (TPSA) is 88.3 Å². The average Bonchev–Trinajstić information content (AvgIpc) is 2.42. The van der Waals surface area contributed by atoms with Crippen LogP contribution in [0.15, 0.2) is 18.3 Å². The largest absolute Gasteiger partial charge is 0.349 e. The molecule has 1 saturated heterocycles. The van der Waals surface area contributed by atoms with Crippen LogP contribution in [0, 0.1) is 0 Å². The lowest BCUT2D eigenvalue weighted by molar-refractivity contribution is -0.132. The number of carbonyl (C=O) groups excluding carboxylic acids is 2. The Labute approximate surface area is 112 Å². The lowest BCUT2D eigenvalue weighted by Crippen LogP contribution is -2.57. The molecule has 2 amide bonds. The van der Waals surface area contributed by atoms with Gasteiger partial charge in [0, 0.05) is 6.04 Å². The number of anilines is 1. The number of hydrogen-bond acceptors (Lipinski definition) is 5. The number of aromatic nitrogens is 1. The van der Waals surface area contributed by atoms with Crippen LogP contribution in [0.3, 0.4) is 0 Å². The molecule has 0 saturated carbocycles. The molecular weight excluding hydrogens is 244 g/mol. The molecule has 1 unspecified atom stereocenters. The van der Waals surface area contributed by atoms with Crippen LogP contribution in [0.5, 0.6) is 0 Å². The summed E-state index contributed by atoms with van der Waals surface area (Å²) in [5.74, 6) is -0.581. The van der Waals surface area contributed by atoms with Gasteiger partial charge in [-0.2, -0.15) is 0 Å². The van der Waals surface area contributed by atoms with Gasteiger partial charge in [0.1, 0.15) is 6.04 Å². The zero-order chi connectivity index (χ0) is 14.0. The van der Waals surface area contributed by atoms with Crippen LogP contribution in [0.25, 0.3) is 0 Å². The molecule has 1 aromatic heterocycles. The van der Waals surface area contributed by atoms with Crippen molar-refractivity contribution in [3.05, 3.63) is 24.0 Å².